The molecule has 1 aromatic heterocycles. The van der Waals surface area contributed by atoms with Crippen LogP contribution in [0.25, 0.3) is 10.8 Å². The van der Waals surface area contributed by atoms with Gasteiger partial charge in [-0.3, -0.25) is 0 Å². The fraction of sp³-hybridized carbons (Fsp3) is 0.364. The van der Waals surface area contributed by atoms with Crippen LogP contribution < -0.4 is 15.0 Å². The summed E-state index contributed by atoms with van der Waals surface area (Å²) in [4.78, 5) is 1.86. The number of anilines is 2. The van der Waals surface area contributed by atoms with Crippen molar-refractivity contribution < 1.29 is 23.0 Å². The molecular formula is C22H22ClF3N4O2. The third kappa shape index (κ3) is 4.68. The number of hydrogen-bond acceptors (Lipinski definition) is 6. The molecule has 1 fully saturated rings. The van der Waals surface area contributed by atoms with Crippen LogP contribution in [0.2, 0.25) is 5.02 Å². The Balaban J connectivity index is 1.71. The standard InChI is InChI=1S/C22H22ClF3N4O2/c1-32-20-3-2-13(8-18(20)23)11-27-21-16-9-14(22(24,25)26)10-19(17(16)12-28-29-21)30-6-4-15(31)5-7-30/h2-3,8-10,12,15,31H,4-7,11H2,1H3,(H,27,29). The topological polar surface area (TPSA) is 70.5 Å². The lowest BCUT2D eigenvalue weighted by Gasteiger charge is -2.32. The van der Waals surface area contributed by atoms with Gasteiger partial charge in [0, 0.05) is 36.1 Å². The Kier molecular flexibility index (Phi) is 6.30. The van der Waals surface area contributed by atoms with Crippen molar-refractivity contribution in [1.29, 1.82) is 0 Å². The average molecular weight is 467 g/mol. The fourth-order valence-corrected chi connectivity index (χ4v) is 4.12. The number of aliphatic hydroxyl groups excluding tert-OH is 1. The number of alkyl halides is 3. The number of piperidine rings is 1. The minimum absolute atomic E-state index is 0.249. The Morgan fingerprint density at radius 3 is 2.59 bits per heavy atom. The van der Waals surface area contributed by atoms with Crippen LogP contribution in [-0.4, -0.2) is 41.6 Å². The van der Waals surface area contributed by atoms with Crippen LogP contribution in [-0.2, 0) is 12.7 Å². The van der Waals surface area contributed by atoms with E-state index in [1.165, 1.54) is 13.3 Å². The number of hydrogen-bond donors (Lipinski definition) is 2. The molecule has 1 saturated heterocycles. The molecule has 0 atom stereocenters. The van der Waals surface area contributed by atoms with Crippen LogP contribution in [0.5, 0.6) is 5.75 Å². The molecule has 0 radical (unpaired) electrons. The van der Waals surface area contributed by atoms with Crippen molar-refractivity contribution >= 4 is 33.9 Å². The molecule has 32 heavy (non-hydrogen) atoms. The lowest BCUT2D eigenvalue weighted by Crippen LogP contribution is -2.36. The van der Waals surface area contributed by atoms with E-state index in [0.717, 1.165) is 17.7 Å². The van der Waals surface area contributed by atoms with E-state index in [1.54, 1.807) is 12.1 Å². The number of nitrogens with one attached hydrogen (secondary N) is 1. The highest BCUT2D eigenvalue weighted by Crippen LogP contribution is 2.39. The zero-order valence-corrected chi connectivity index (χ0v) is 18.0. The molecule has 170 valence electrons. The van der Waals surface area contributed by atoms with Gasteiger partial charge in [0.2, 0.25) is 0 Å². The van der Waals surface area contributed by atoms with Crippen molar-refractivity contribution in [2.24, 2.45) is 0 Å². The summed E-state index contributed by atoms with van der Waals surface area (Å²) in [6, 6.07) is 7.49. The molecule has 1 aliphatic rings. The molecule has 2 N–H and O–H groups in total. The van der Waals surface area contributed by atoms with Gasteiger partial charge < -0.3 is 20.1 Å². The maximum atomic E-state index is 13.7. The highest BCUT2D eigenvalue weighted by atomic mass is 35.5. The molecule has 10 heteroatoms. The number of fused-ring (bicyclic) bond motifs is 1. The molecule has 0 spiro atoms. The summed E-state index contributed by atoms with van der Waals surface area (Å²) in [5.74, 6) is 0.783. The van der Waals surface area contributed by atoms with Crippen LogP contribution in [0.15, 0.2) is 36.5 Å². The van der Waals surface area contributed by atoms with Crippen molar-refractivity contribution in [1.82, 2.24) is 10.2 Å². The van der Waals surface area contributed by atoms with Gasteiger partial charge in [-0.05, 0) is 42.7 Å². The fourth-order valence-electron chi connectivity index (χ4n) is 3.84. The van der Waals surface area contributed by atoms with Gasteiger partial charge in [-0.2, -0.15) is 18.3 Å². The van der Waals surface area contributed by atoms with E-state index >= 15 is 0 Å². The highest BCUT2D eigenvalue weighted by Gasteiger charge is 2.33. The first-order valence-corrected chi connectivity index (χ1v) is 10.5. The number of methoxy groups -OCH3 is 1. The number of ether oxygens (including phenoxy) is 1. The van der Waals surface area contributed by atoms with Gasteiger partial charge in [0.25, 0.3) is 0 Å². The van der Waals surface area contributed by atoms with Crippen LogP contribution in [0.4, 0.5) is 24.7 Å². The van der Waals surface area contributed by atoms with E-state index in [9.17, 15) is 18.3 Å². The van der Waals surface area contributed by atoms with Crippen molar-refractivity contribution in [2.75, 3.05) is 30.4 Å². The van der Waals surface area contributed by atoms with Gasteiger partial charge in [0.1, 0.15) is 5.75 Å². The number of aliphatic hydroxyl groups is 1. The van der Waals surface area contributed by atoms with Crippen molar-refractivity contribution in [2.45, 2.75) is 31.7 Å². The van der Waals surface area contributed by atoms with E-state index in [1.807, 2.05) is 11.0 Å². The van der Waals surface area contributed by atoms with Gasteiger partial charge in [-0.1, -0.05) is 17.7 Å². The third-order valence-electron chi connectivity index (χ3n) is 5.57. The third-order valence-corrected chi connectivity index (χ3v) is 5.86. The first-order chi connectivity index (χ1) is 15.3. The second kappa shape index (κ2) is 8.99. The Morgan fingerprint density at radius 2 is 1.94 bits per heavy atom. The van der Waals surface area contributed by atoms with Crippen molar-refractivity contribution in [3.8, 4) is 5.75 Å². The first kappa shape index (κ1) is 22.4. The monoisotopic (exact) mass is 466 g/mol. The molecule has 0 bridgehead atoms. The molecule has 2 aromatic carbocycles. The number of aromatic nitrogens is 2. The van der Waals surface area contributed by atoms with E-state index in [4.69, 9.17) is 16.3 Å². The zero-order valence-electron chi connectivity index (χ0n) is 17.3. The van der Waals surface area contributed by atoms with Crippen molar-refractivity contribution in [3.05, 3.63) is 52.7 Å². The molecule has 0 aliphatic carbocycles. The smallest absolute Gasteiger partial charge is 0.416 e. The molecule has 0 unspecified atom stereocenters. The van der Waals surface area contributed by atoms with E-state index < -0.39 is 17.8 Å². The summed E-state index contributed by atoms with van der Waals surface area (Å²) in [6.45, 7) is 1.22. The highest BCUT2D eigenvalue weighted by molar-refractivity contribution is 6.32. The molecule has 3 aromatic rings. The van der Waals surface area contributed by atoms with E-state index in [2.05, 4.69) is 15.5 Å². The Morgan fingerprint density at radius 1 is 1.19 bits per heavy atom. The minimum Gasteiger partial charge on any atom is -0.495 e. The van der Waals surface area contributed by atoms with Gasteiger partial charge in [-0.15, -0.1) is 5.10 Å². The Bertz CT molecular complexity index is 1120. The van der Waals surface area contributed by atoms with Gasteiger partial charge in [-0.25, -0.2) is 0 Å². The summed E-state index contributed by atoms with van der Waals surface area (Å²) in [5.41, 5.74) is 0.494. The van der Waals surface area contributed by atoms with Crippen LogP contribution in [0, 0.1) is 0 Å². The molecule has 0 amide bonds. The summed E-state index contributed by atoms with van der Waals surface area (Å²) in [7, 11) is 1.52. The van der Waals surface area contributed by atoms with E-state index in [-0.39, 0.29) is 5.82 Å². The van der Waals surface area contributed by atoms with E-state index in [0.29, 0.717) is 59.7 Å². The number of halogens is 4. The lowest BCUT2D eigenvalue weighted by atomic mass is 10.0. The summed E-state index contributed by atoms with van der Waals surface area (Å²) in [5, 5.41) is 22.3. The predicted octanol–water partition coefficient (Wildman–Crippen LogP) is 4.88. The minimum atomic E-state index is -4.51. The SMILES string of the molecule is COc1ccc(CNc2nncc3c(N4CCC(O)CC4)cc(C(F)(F)F)cc23)cc1Cl. The average Bonchev–Trinajstić information content (AvgIpc) is 2.77. The van der Waals surface area contributed by atoms with Gasteiger partial charge >= 0.3 is 6.18 Å². The maximum absolute atomic E-state index is 13.7. The summed E-state index contributed by atoms with van der Waals surface area (Å²) < 4.78 is 46.2. The van der Waals surface area contributed by atoms with Crippen LogP contribution in [0.1, 0.15) is 24.0 Å². The second-order valence-electron chi connectivity index (χ2n) is 7.69. The van der Waals surface area contributed by atoms with Crippen LogP contribution in [0.3, 0.4) is 0 Å². The Labute approximate surface area is 188 Å². The Hall–Kier alpha value is -2.78. The normalized spacial score (nSPS) is 15.2. The molecular weight excluding hydrogens is 445 g/mol. The largest absolute Gasteiger partial charge is 0.495 e. The summed E-state index contributed by atoms with van der Waals surface area (Å²) >= 11 is 6.17. The van der Waals surface area contributed by atoms with Crippen molar-refractivity contribution in [3.63, 3.8) is 0 Å². The predicted molar refractivity (Wildman–Crippen MR) is 117 cm³/mol. The number of rotatable bonds is 5. The molecule has 2 heterocycles. The quantitative estimate of drug-likeness (QED) is 0.558. The molecule has 1 aliphatic heterocycles. The van der Waals surface area contributed by atoms with Crippen LogP contribution >= 0.6 is 11.6 Å². The second-order valence-corrected chi connectivity index (χ2v) is 8.10. The maximum Gasteiger partial charge on any atom is 0.416 e. The van der Waals surface area contributed by atoms with Gasteiger partial charge in [0.05, 0.1) is 30.0 Å². The molecule has 0 saturated carbocycles. The first-order valence-electron chi connectivity index (χ1n) is 10.1. The summed E-state index contributed by atoms with van der Waals surface area (Å²) in [6.07, 6.45) is -2.47. The zero-order chi connectivity index (χ0) is 22.9. The number of nitrogens with zero attached hydrogens (tertiary/aromatic N) is 3. The number of benzene rings is 2. The molecule has 4 rings (SSSR count). The van der Waals surface area contributed by atoms with Gasteiger partial charge in [0.15, 0.2) is 5.82 Å². The lowest BCUT2D eigenvalue weighted by molar-refractivity contribution is -0.137. The molecule has 6 nitrogen and oxygen atoms in total.